The van der Waals surface area contributed by atoms with Crippen molar-refractivity contribution >= 4 is 16.1 Å². The molecule has 0 aliphatic heterocycles. The van der Waals surface area contributed by atoms with E-state index in [1.165, 1.54) is 0 Å². The van der Waals surface area contributed by atoms with Crippen molar-refractivity contribution in [3.8, 4) is 0 Å². The Labute approximate surface area is 144 Å². The van der Waals surface area contributed by atoms with Gasteiger partial charge in [0.05, 0.1) is 10.9 Å². The summed E-state index contributed by atoms with van der Waals surface area (Å²) in [5.41, 5.74) is 4.09. The Morgan fingerprint density at radius 2 is 1.58 bits per heavy atom. The Hall–Kier alpha value is -1.91. The van der Waals surface area contributed by atoms with E-state index in [1.54, 1.807) is 12.1 Å². The van der Waals surface area contributed by atoms with E-state index in [-0.39, 0.29) is 11.5 Å². The molecule has 0 aromatic heterocycles. The van der Waals surface area contributed by atoms with Crippen LogP contribution in [0, 0.1) is 12.3 Å². The quantitative estimate of drug-likeness (QED) is 0.896. The molecule has 1 aliphatic rings. The van der Waals surface area contributed by atoms with E-state index in [0.717, 1.165) is 22.3 Å². The molecule has 0 spiro atoms. The minimum Gasteiger partial charge on any atom is -0.207 e. The first-order valence-corrected chi connectivity index (χ1v) is 9.57. The van der Waals surface area contributed by atoms with E-state index >= 15 is 0 Å². The molecule has 1 aliphatic carbocycles. The van der Waals surface area contributed by atoms with Gasteiger partial charge in [-0.05, 0) is 41.2 Å². The van der Waals surface area contributed by atoms with Gasteiger partial charge in [-0.15, -0.1) is 0 Å². The summed E-state index contributed by atoms with van der Waals surface area (Å²) in [6.45, 7) is 8.27. The fourth-order valence-electron chi connectivity index (χ4n) is 3.04. The lowest BCUT2D eigenvalue weighted by atomic mass is 9.83. The standard InChI is InChI=1S/C20H23NO2S/c1-14-9-11-16(12-10-14)24(22,23)21-19-17-8-6-5-7-15(17)13-18(19)20(2,3)4/h5-13,19,21H,1-4H3/t19-/m1/s1. The molecule has 24 heavy (non-hydrogen) atoms. The SMILES string of the molecule is Cc1ccc(S(=O)(=O)N[C@H]2C(C(C)(C)C)=Cc3ccccc32)cc1. The Balaban J connectivity index is 2.01. The number of hydrogen-bond acceptors (Lipinski definition) is 2. The van der Waals surface area contributed by atoms with Crippen LogP contribution in [0.3, 0.4) is 0 Å². The van der Waals surface area contributed by atoms with Gasteiger partial charge < -0.3 is 0 Å². The van der Waals surface area contributed by atoms with Crippen LogP contribution in [-0.2, 0) is 10.0 Å². The lowest BCUT2D eigenvalue weighted by Gasteiger charge is -2.28. The minimum atomic E-state index is -3.59. The van der Waals surface area contributed by atoms with Crippen molar-refractivity contribution in [1.29, 1.82) is 0 Å². The molecule has 0 saturated heterocycles. The highest BCUT2D eigenvalue weighted by molar-refractivity contribution is 7.89. The summed E-state index contributed by atoms with van der Waals surface area (Å²) in [5.74, 6) is 0. The molecule has 0 fully saturated rings. The van der Waals surface area contributed by atoms with Crippen LogP contribution in [0.5, 0.6) is 0 Å². The van der Waals surface area contributed by atoms with Crippen LogP contribution in [0.25, 0.3) is 6.08 Å². The number of sulfonamides is 1. The molecule has 1 atom stereocenters. The van der Waals surface area contributed by atoms with E-state index in [0.29, 0.717) is 4.90 Å². The molecule has 2 aromatic carbocycles. The molecular weight excluding hydrogens is 318 g/mol. The van der Waals surface area contributed by atoms with Crippen molar-refractivity contribution in [3.63, 3.8) is 0 Å². The van der Waals surface area contributed by atoms with Gasteiger partial charge in [-0.1, -0.05) is 68.8 Å². The summed E-state index contributed by atoms with van der Waals surface area (Å²) in [6, 6.07) is 14.6. The predicted molar refractivity (Wildman–Crippen MR) is 98.1 cm³/mol. The third-order valence-electron chi connectivity index (χ3n) is 4.40. The highest BCUT2D eigenvalue weighted by Gasteiger charge is 2.35. The molecule has 0 heterocycles. The molecule has 2 aromatic rings. The van der Waals surface area contributed by atoms with Crippen LogP contribution in [0.2, 0.25) is 0 Å². The average Bonchev–Trinajstić information content (AvgIpc) is 2.86. The Morgan fingerprint density at radius 3 is 2.21 bits per heavy atom. The molecule has 0 amide bonds. The van der Waals surface area contributed by atoms with Crippen molar-refractivity contribution in [1.82, 2.24) is 4.72 Å². The number of fused-ring (bicyclic) bond motifs is 1. The van der Waals surface area contributed by atoms with Crippen molar-refractivity contribution in [2.45, 2.75) is 38.6 Å². The third kappa shape index (κ3) is 3.17. The van der Waals surface area contributed by atoms with Gasteiger partial charge in [0.15, 0.2) is 0 Å². The maximum Gasteiger partial charge on any atom is 0.241 e. The van der Waals surface area contributed by atoms with Crippen LogP contribution in [-0.4, -0.2) is 8.42 Å². The first-order valence-electron chi connectivity index (χ1n) is 8.08. The molecule has 4 heteroatoms. The molecule has 0 radical (unpaired) electrons. The van der Waals surface area contributed by atoms with Crippen LogP contribution >= 0.6 is 0 Å². The number of aryl methyl sites for hydroxylation is 1. The fourth-order valence-corrected chi connectivity index (χ4v) is 4.24. The molecule has 3 rings (SSSR count). The van der Waals surface area contributed by atoms with Crippen LogP contribution in [0.1, 0.15) is 43.5 Å². The van der Waals surface area contributed by atoms with E-state index < -0.39 is 10.0 Å². The van der Waals surface area contributed by atoms with E-state index in [4.69, 9.17) is 0 Å². The minimum absolute atomic E-state index is 0.126. The number of nitrogens with one attached hydrogen (secondary N) is 1. The molecular formula is C20H23NO2S. The smallest absolute Gasteiger partial charge is 0.207 e. The lowest BCUT2D eigenvalue weighted by molar-refractivity contribution is 0.460. The van der Waals surface area contributed by atoms with Crippen LogP contribution in [0.15, 0.2) is 59.0 Å². The van der Waals surface area contributed by atoms with Gasteiger partial charge in [0.25, 0.3) is 0 Å². The van der Waals surface area contributed by atoms with Crippen LogP contribution in [0.4, 0.5) is 0 Å². The van der Waals surface area contributed by atoms with E-state index in [9.17, 15) is 8.42 Å². The average molecular weight is 341 g/mol. The summed E-state index contributed by atoms with van der Waals surface area (Å²) in [6.07, 6.45) is 2.11. The van der Waals surface area contributed by atoms with Gasteiger partial charge in [0, 0.05) is 0 Å². The van der Waals surface area contributed by atoms with Crippen molar-refractivity contribution in [2.75, 3.05) is 0 Å². The summed E-state index contributed by atoms with van der Waals surface area (Å²) in [5, 5.41) is 0. The molecule has 1 N–H and O–H groups in total. The highest BCUT2D eigenvalue weighted by Crippen LogP contribution is 2.44. The Kier molecular flexibility index (Phi) is 4.14. The Bertz CT molecular complexity index is 888. The first-order chi connectivity index (χ1) is 11.2. The van der Waals surface area contributed by atoms with Crippen molar-refractivity contribution in [2.24, 2.45) is 5.41 Å². The monoisotopic (exact) mass is 341 g/mol. The fraction of sp³-hybridized carbons (Fsp3) is 0.300. The molecule has 0 saturated carbocycles. The van der Waals surface area contributed by atoms with Gasteiger partial charge in [0.1, 0.15) is 0 Å². The predicted octanol–water partition coefficient (Wildman–Crippen LogP) is 4.46. The zero-order valence-electron chi connectivity index (χ0n) is 14.5. The number of rotatable bonds is 3. The van der Waals surface area contributed by atoms with Crippen molar-refractivity contribution < 1.29 is 8.42 Å². The van der Waals surface area contributed by atoms with Gasteiger partial charge in [0.2, 0.25) is 10.0 Å². The molecule has 0 unspecified atom stereocenters. The van der Waals surface area contributed by atoms with Gasteiger partial charge >= 0.3 is 0 Å². The highest BCUT2D eigenvalue weighted by atomic mass is 32.2. The zero-order valence-corrected chi connectivity index (χ0v) is 15.3. The Morgan fingerprint density at radius 1 is 0.958 bits per heavy atom. The maximum atomic E-state index is 12.8. The van der Waals surface area contributed by atoms with Crippen molar-refractivity contribution in [3.05, 3.63) is 70.8 Å². The molecule has 3 nitrogen and oxygen atoms in total. The summed E-state index contributed by atoms with van der Waals surface area (Å²) in [7, 11) is -3.59. The number of benzene rings is 2. The second kappa shape index (κ2) is 5.87. The number of hydrogen-bond donors (Lipinski definition) is 1. The second-order valence-corrected chi connectivity index (χ2v) is 9.06. The van der Waals surface area contributed by atoms with E-state index in [1.807, 2.05) is 43.3 Å². The van der Waals surface area contributed by atoms with Gasteiger partial charge in [-0.3, -0.25) is 0 Å². The third-order valence-corrected chi connectivity index (χ3v) is 5.84. The normalized spacial score (nSPS) is 17.5. The summed E-state index contributed by atoms with van der Waals surface area (Å²) in [4.78, 5) is 0.297. The van der Waals surface area contributed by atoms with Gasteiger partial charge in [-0.25, -0.2) is 8.42 Å². The van der Waals surface area contributed by atoms with E-state index in [2.05, 4.69) is 31.6 Å². The van der Waals surface area contributed by atoms with Crippen LogP contribution < -0.4 is 4.72 Å². The zero-order chi connectivity index (χ0) is 17.5. The maximum absolute atomic E-state index is 12.8. The second-order valence-electron chi connectivity index (χ2n) is 7.35. The summed E-state index contributed by atoms with van der Waals surface area (Å²) >= 11 is 0. The molecule has 126 valence electrons. The lowest BCUT2D eigenvalue weighted by Crippen LogP contribution is -2.32. The largest absolute Gasteiger partial charge is 0.241 e. The summed E-state index contributed by atoms with van der Waals surface area (Å²) < 4.78 is 28.6. The molecule has 0 bridgehead atoms. The van der Waals surface area contributed by atoms with Gasteiger partial charge in [-0.2, -0.15) is 4.72 Å². The first kappa shape index (κ1) is 16.9. The topological polar surface area (TPSA) is 46.2 Å².